The largest absolute Gasteiger partial charge is 0.378 e. The van der Waals surface area contributed by atoms with E-state index in [1.165, 1.54) is 0 Å². The summed E-state index contributed by atoms with van der Waals surface area (Å²) in [5, 5.41) is 0. The number of carbonyl (C=O) groups excluding carboxylic acids is 1. The van der Waals surface area contributed by atoms with Crippen molar-refractivity contribution < 1.29 is 9.53 Å². The molecule has 1 unspecified atom stereocenters. The van der Waals surface area contributed by atoms with E-state index >= 15 is 0 Å². The molecule has 1 atom stereocenters. The zero-order chi connectivity index (χ0) is 14.8. The third kappa shape index (κ3) is 2.65. The highest BCUT2D eigenvalue weighted by Crippen LogP contribution is 2.20. The molecule has 5 nitrogen and oxygen atoms in total. The van der Waals surface area contributed by atoms with Gasteiger partial charge in [-0.1, -0.05) is 13.8 Å². The minimum Gasteiger partial charge on any atom is -0.378 e. The molecule has 2 aromatic rings. The first kappa shape index (κ1) is 14.1. The number of ether oxygens (including phenoxy) is 1. The number of rotatable bonds is 4. The quantitative estimate of drug-likeness (QED) is 0.810. The van der Waals surface area contributed by atoms with Crippen molar-refractivity contribution in [3.05, 3.63) is 30.2 Å². The van der Waals surface area contributed by atoms with E-state index in [1.54, 1.807) is 6.20 Å². The Kier molecular flexibility index (Phi) is 3.92. The van der Waals surface area contributed by atoms with Crippen molar-refractivity contribution in [2.75, 3.05) is 31.2 Å². The van der Waals surface area contributed by atoms with E-state index in [0.717, 1.165) is 44.1 Å². The monoisotopic (exact) mass is 287 g/mol. The smallest absolute Gasteiger partial charge is 0.183 e. The number of hydrogen-bond donors (Lipinski definition) is 0. The van der Waals surface area contributed by atoms with Crippen molar-refractivity contribution in [3.63, 3.8) is 0 Å². The van der Waals surface area contributed by atoms with Crippen molar-refractivity contribution in [3.8, 4) is 0 Å². The van der Waals surface area contributed by atoms with Crippen LogP contribution < -0.4 is 4.90 Å². The molecule has 21 heavy (non-hydrogen) atoms. The van der Waals surface area contributed by atoms with E-state index < -0.39 is 0 Å². The number of nitrogens with zero attached hydrogens (tertiary/aromatic N) is 3. The van der Waals surface area contributed by atoms with E-state index in [4.69, 9.17) is 4.74 Å². The lowest BCUT2D eigenvalue weighted by molar-refractivity contribution is 0.0921. The molecule has 0 bridgehead atoms. The van der Waals surface area contributed by atoms with E-state index in [0.29, 0.717) is 5.69 Å². The van der Waals surface area contributed by atoms with Crippen LogP contribution in [0.3, 0.4) is 0 Å². The van der Waals surface area contributed by atoms with Gasteiger partial charge < -0.3 is 9.64 Å². The van der Waals surface area contributed by atoms with Crippen LogP contribution in [0.5, 0.6) is 0 Å². The van der Waals surface area contributed by atoms with Crippen molar-refractivity contribution >= 4 is 17.1 Å². The summed E-state index contributed by atoms with van der Waals surface area (Å²) >= 11 is 0. The lowest BCUT2D eigenvalue weighted by atomic mass is 10.0. The number of morpholine rings is 1. The lowest BCUT2D eigenvalue weighted by Gasteiger charge is -2.28. The molecule has 0 spiro atoms. The fraction of sp³-hybridized carbons (Fsp3) is 0.500. The van der Waals surface area contributed by atoms with Gasteiger partial charge in [0.15, 0.2) is 5.78 Å². The van der Waals surface area contributed by atoms with Crippen molar-refractivity contribution in [2.24, 2.45) is 5.92 Å². The Balaban J connectivity index is 1.92. The van der Waals surface area contributed by atoms with Gasteiger partial charge in [0.1, 0.15) is 11.3 Å². The molecular formula is C16H21N3O2. The maximum absolute atomic E-state index is 12.3. The zero-order valence-corrected chi connectivity index (χ0v) is 12.6. The highest BCUT2D eigenvalue weighted by Gasteiger charge is 2.18. The second kappa shape index (κ2) is 5.85. The fourth-order valence-electron chi connectivity index (χ4n) is 2.61. The Morgan fingerprint density at radius 2 is 2.19 bits per heavy atom. The van der Waals surface area contributed by atoms with E-state index in [-0.39, 0.29) is 11.7 Å². The molecule has 1 saturated heterocycles. The van der Waals surface area contributed by atoms with Gasteiger partial charge in [0.05, 0.1) is 19.4 Å². The van der Waals surface area contributed by atoms with E-state index in [1.807, 2.05) is 36.6 Å². The van der Waals surface area contributed by atoms with Crippen LogP contribution in [0.2, 0.25) is 0 Å². The molecule has 3 rings (SSSR count). The Labute approximate surface area is 124 Å². The van der Waals surface area contributed by atoms with Crippen LogP contribution in [-0.2, 0) is 4.74 Å². The molecule has 1 fully saturated rings. The Morgan fingerprint density at radius 1 is 1.43 bits per heavy atom. The first-order valence-electron chi connectivity index (χ1n) is 7.54. The second-order valence-corrected chi connectivity index (χ2v) is 5.53. The summed E-state index contributed by atoms with van der Waals surface area (Å²) in [6.45, 7) is 7.31. The van der Waals surface area contributed by atoms with Crippen molar-refractivity contribution in [1.82, 2.24) is 9.38 Å². The number of imidazole rings is 1. The fourth-order valence-corrected chi connectivity index (χ4v) is 2.61. The summed E-state index contributed by atoms with van der Waals surface area (Å²) in [6.07, 6.45) is 4.48. The van der Waals surface area contributed by atoms with Gasteiger partial charge in [-0.15, -0.1) is 0 Å². The number of aromatic nitrogens is 2. The first-order valence-corrected chi connectivity index (χ1v) is 7.54. The van der Waals surface area contributed by atoms with Gasteiger partial charge in [-0.05, 0) is 12.5 Å². The van der Waals surface area contributed by atoms with Crippen molar-refractivity contribution in [2.45, 2.75) is 20.3 Å². The SMILES string of the molecule is CCC(C)C(=O)c1cnc2cc(N3CCOCC3)ccn12. The zero-order valence-electron chi connectivity index (χ0n) is 12.6. The maximum atomic E-state index is 12.3. The number of Topliss-reactive ketones (excluding diaryl/α,β-unsaturated/α-hetero) is 1. The summed E-state index contributed by atoms with van der Waals surface area (Å²) < 4.78 is 7.26. The molecule has 0 radical (unpaired) electrons. The molecule has 0 N–H and O–H groups in total. The van der Waals surface area contributed by atoms with Gasteiger partial charge in [-0.2, -0.15) is 0 Å². The number of fused-ring (bicyclic) bond motifs is 1. The minimum atomic E-state index is 0.0313. The van der Waals surface area contributed by atoms with Crippen LogP contribution in [0.25, 0.3) is 5.65 Å². The van der Waals surface area contributed by atoms with Crippen molar-refractivity contribution in [1.29, 1.82) is 0 Å². The third-order valence-electron chi connectivity index (χ3n) is 4.19. The van der Waals surface area contributed by atoms with Gasteiger partial charge in [-0.3, -0.25) is 9.20 Å². The molecule has 2 aromatic heterocycles. The number of anilines is 1. The Morgan fingerprint density at radius 3 is 2.90 bits per heavy atom. The lowest BCUT2D eigenvalue weighted by Crippen LogP contribution is -2.36. The van der Waals surface area contributed by atoms with Crippen LogP contribution in [0.1, 0.15) is 30.8 Å². The molecular weight excluding hydrogens is 266 g/mol. The molecule has 5 heteroatoms. The summed E-state index contributed by atoms with van der Waals surface area (Å²) in [5.41, 5.74) is 2.64. The Bertz CT molecular complexity index is 644. The highest BCUT2D eigenvalue weighted by molar-refractivity contribution is 5.96. The van der Waals surface area contributed by atoms with Gasteiger partial charge in [0, 0.05) is 37.0 Å². The third-order valence-corrected chi connectivity index (χ3v) is 4.19. The predicted octanol–water partition coefficient (Wildman–Crippen LogP) is 2.40. The molecule has 3 heterocycles. The Hall–Kier alpha value is -1.88. The van der Waals surface area contributed by atoms with Gasteiger partial charge >= 0.3 is 0 Å². The van der Waals surface area contributed by atoms with Crippen LogP contribution in [0, 0.1) is 5.92 Å². The molecule has 1 aliphatic heterocycles. The van der Waals surface area contributed by atoms with Gasteiger partial charge in [-0.25, -0.2) is 4.98 Å². The maximum Gasteiger partial charge on any atom is 0.183 e. The standard InChI is InChI=1S/C16H21N3O2/c1-3-12(2)16(20)14-11-17-15-10-13(4-5-19(14)15)18-6-8-21-9-7-18/h4-5,10-12H,3,6-9H2,1-2H3. The average Bonchev–Trinajstić information content (AvgIpc) is 2.97. The highest BCUT2D eigenvalue weighted by atomic mass is 16.5. The number of ketones is 1. The van der Waals surface area contributed by atoms with Crippen LogP contribution in [0.4, 0.5) is 5.69 Å². The summed E-state index contributed by atoms with van der Waals surface area (Å²) in [4.78, 5) is 19.0. The average molecular weight is 287 g/mol. The van der Waals surface area contributed by atoms with Crippen LogP contribution in [-0.4, -0.2) is 41.5 Å². The van der Waals surface area contributed by atoms with Gasteiger partial charge in [0.25, 0.3) is 0 Å². The molecule has 0 amide bonds. The summed E-state index contributed by atoms with van der Waals surface area (Å²) in [7, 11) is 0. The van der Waals surface area contributed by atoms with Gasteiger partial charge in [0.2, 0.25) is 0 Å². The van der Waals surface area contributed by atoms with Crippen LogP contribution in [0.15, 0.2) is 24.5 Å². The molecule has 0 saturated carbocycles. The summed E-state index contributed by atoms with van der Waals surface area (Å²) in [5.74, 6) is 0.188. The summed E-state index contributed by atoms with van der Waals surface area (Å²) in [6, 6.07) is 4.09. The predicted molar refractivity (Wildman–Crippen MR) is 82.0 cm³/mol. The molecule has 0 aromatic carbocycles. The topological polar surface area (TPSA) is 46.8 Å². The first-order chi connectivity index (χ1) is 10.2. The number of pyridine rings is 1. The number of carbonyl (C=O) groups is 1. The molecule has 1 aliphatic rings. The normalized spacial score (nSPS) is 17.1. The van der Waals surface area contributed by atoms with Crippen LogP contribution >= 0.6 is 0 Å². The molecule has 0 aliphatic carbocycles. The number of hydrogen-bond acceptors (Lipinski definition) is 4. The minimum absolute atomic E-state index is 0.0313. The van der Waals surface area contributed by atoms with E-state index in [9.17, 15) is 4.79 Å². The second-order valence-electron chi connectivity index (χ2n) is 5.53. The van der Waals surface area contributed by atoms with E-state index in [2.05, 4.69) is 9.88 Å². The molecule has 112 valence electrons.